The van der Waals surface area contributed by atoms with Gasteiger partial charge in [-0.25, -0.2) is 0 Å². The van der Waals surface area contributed by atoms with Gasteiger partial charge in [0.25, 0.3) is 0 Å². The van der Waals surface area contributed by atoms with Crippen LogP contribution in [0, 0.1) is 27.7 Å². The Morgan fingerprint density at radius 3 is 1.19 bits per heavy atom. The van der Waals surface area contributed by atoms with Crippen LogP contribution in [0.1, 0.15) is 22.3 Å². The van der Waals surface area contributed by atoms with E-state index < -0.39 is 0 Å². The van der Waals surface area contributed by atoms with Crippen LogP contribution in [-0.2, 0) is 16.5 Å². The fraction of sp³-hybridized carbons (Fsp3) is 0.333. The molecule has 0 unspecified atom stereocenters. The minimum Gasteiger partial charge on any atom is -0.685 e. The summed E-state index contributed by atoms with van der Waals surface area (Å²) in [6.45, 7) is 9.89. The Morgan fingerprint density at radius 2 is 0.905 bits per heavy atom. The van der Waals surface area contributed by atoms with E-state index in [0.29, 0.717) is 0 Å². The third-order valence-electron chi connectivity index (χ3n) is 3.52. The number of rotatable bonds is 5. The second kappa shape index (κ2) is 8.09. The molecule has 0 saturated carbocycles. The Balaban J connectivity index is 0.00000220. The van der Waals surface area contributed by atoms with Crippen LogP contribution in [0.25, 0.3) is 10.6 Å². The van der Waals surface area contributed by atoms with E-state index in [-0.39, 0.29) is 16.5 Å². The topological polar surface area (TPSA) is 28.2 Å². The van der Waals surface area contributed by atoms with Crippen molar-refractivity contribution in [2.45, 2.75) is 27.7 Å². The summed E-state index contributed by atoms with van der Waals surface area (Å²) in [6, 6.07) is 12.6. The standard InChI is InChI=1S/C18H22N2.Ni/c1-13-7-5-8-14(2)17(13)19-11-12-20-18-15(3)9-6-10-16(18)4;/h5-10H,11-12H2,1-4H3;/q-2;+2. The van der Waals surface area contributed by atoms with Gasteiger partial charge in [-0.15, -0.1) is 24.5 Å². The molecule has 0 atom stereocenters. The number of hydrogen-bond donors (Lipinski definition) is 0. The zero-order valence-electron chi connectivity index (χ0n) is 13.1. The summed E-state index contributed by atoms with van der Waals surface area (Å²) >= 11 is 0. The maximum absolute atomic E-state index is 4.69. The Bertz CT molecular complexity index is 500. The minimum absolute atomic E-state index is 0. The van der Waals surface area contributed by atoms with Crippen molar-refractivity contribution in [2.75, 3.05) is 13.1 Å². The van der Waals surface area contributed by atoms with E-state index in [4.69, 9.17) is 0 Å². The van der Waals surface area contributed by atoms with E-state index in [2.05, 4.69) is 74.7 Å². The summed E-state index contributed by atoms with van der Waals surface area (Å²) < 4.78 is 0. The van der Waals surface area contributed by atoms with Gasteiger partial charge >= 0.3 is 16.5 Å². The summed E-state index contributed by atoms with van der Waals surface area (Å²) in [7, 11) is 0. The van der Waals surface area contributed by atoms with Crippen LogP contribution in [0.5, 0.6) is 0 Å². The number of benzene rings is 2. The van der Waals surface area contributed by atoms with Gasteiger partial charge in [0.05, 0.1) is 0 Å². The first-order valence-electron chi connectivity index (χ1n) is 7.07. The molecule has 21 heavy (non-hydrogen) atoms. The first kappa shape index (κ1) is 17.6. The fourth-order valence-electron chi connectivity index (χ4n) is 2.43. The molecule has 0 aromatic heterocycles. The molecule has 0 fully saturated rings. The van der Waals surface area contributed by atoms with Gasteiger partial charge in [-0.1, -0.05) is 58.7 Å². The van der Waals surface area contributed by atoms with Crippen molar-refractivity contribution in [3.05, 3.63) is 69.3 Å². The van der Waals surface area contributed by atoms with Crippen LogP contribution in [0.2, 0.25) is 0 Å². The predicted octanol–water partition coefficient (Wildman–Crippen LogP) is 5.63. The molecule has 0 amide bonds. The molecule has 0 heterocycles. The first-order chi connectivity index (χ1) is 9.59. The normalized spacial score (nSPS) is 9.90. The van der Waals surface area contributed by atoms with Crippen molar-refractivity contribution in [3.63, 3.8) is 0 Å². The molecule has 0 spiro atoms. The van der Waals surface area contributed by atoms with Crippen molar-refractivity contribution in [2.24, 2.45) is 0 Å². The molecule has 0 saturated heterocycles. The summed E-state index contributed by atoms with van der Waals surface area (Å²) in [5, 5.41) is 9.37. The third kappa shape index (κ3) is 4.51. The van der Waals surface area contributed by atoms with Gasteiger partial charge in [-0.3, -0.25) is 0 Å². The maximum Gasteiger partial charge on any atom is 2.00 e. The van der Waals surface area contributed by atoms with E-state index in [1.165, 1.54) is 22.3 Å². The molecule has 0 aliphatic heterocycles. The quantitative estimate of drug-likeness (QED) is 0.504. The van der Waals surface area contributed by atoms with Crippen LogP contribution < -0.4 is 0 Å². The van der Waals surface area contributed by atoms with Gasteiger partial charge < -0.3 is 10.6 Å². The Hall–Kier alpha value is -1.47. The van der Waals surface area contributed by atoms with Crippen molar-refractivity contribution in [3.8, 4) is 0 Å². The van der Waals surface area contributed by atoms with Gasteiger partial charge in [-0.05, 0) is 27.7 Å². The molecule has 0 bridgehead atoms. The molecule has 3 heteroatoms. The number of para-hydroxylation sites is 2. The second-order valence-corrected chi connectivity index (χ2v) is 5.24. The van der Waals surface area contributed by atoms with E-state index in [1.807, 2.05) is 0 Å². The Kier molecular flexibility index (Phi) is 6.78. The van der Waals surface area contributed by atoms with E-state index in [0.717, 1.165) is 24.5 Å². The summed E-state index contributed by atoms with van der Waals surface area (Å²) in [6.07, 6.45) is 0. The van der Waals surface area contributed by atoms with Gasteiger partial charge in [0.15, 0.2) is 0 Å². The number of nitrogens with zero attached hydrogens (tertiary/aromatic N) is 2. The molecule has 2 aromatic carbocycles. The van der Waals surface area contributed by atoms with E-state index in [9.17, 15) is 0 Å². The Labute approximate surface area is 138 Å². The largest absolute Gasteiger partial charge is 2.00 e. The van der Waals surface area contributed by atoms with Crippen LogP contribution in [0.3, 0.4) is 0 Å². The molecule has 0 aliphatic rings. The average Bonchev–Trinajstić information content (AvgIpc) is 2.40. The molecular formula is C18H22N2Ni. The molecule has 114 valence electrons. The van der Waals surface area contributed by atoms with Gasteiger partial charge in [-0.2, -0.15) is 0 Å². The van der Waals surface area contributed by atoms with Gasteiger partial charge in [0.2, 0.25) is 0 Å². The van der Waals surface area contributed by atoms with E-state index >= 15 is 0 Å². The first-order valence-corrected chi connectivity index (χ1v) is 7.07. The summed E-state index contributed by atoms with van der Waals surface area (Å²) in [5.74, 6) is 0. The van der Waals surface area contributed by atoms with Crippen molar-refractivity contribution in [1.29, 1.82) is 0 Å². The van der Waals surface area contributed by atoms with Crippen LogP contribution in [-0.4, -0.2) is 13.1 Å². The predicted molar refractivity (Wildman–Crippen MR) is 87.6 cm³/mol. The molecule has 0 radical (unpaired) electrons. The molecule has 0 aliphatic carbocycles. The van der Waals surface area contributed by atoms with E-state index in [1.54, 1.807) is 0 Å². The molecule has 2 aromatic rings. The second-order valence-electron chi connectivity index (χ2n) is 5.24. The summed E-state index contributed by atoms with van der Waals surface area (Å²) in [5.41, 5.74) is 7.16. The average molecular weight is 325 g/mol. The van der Waals surface area contributed by atoms with Crippen molar-refractivity contribution in [1.82, 2.24) is 0 Å². The minimum atomic E-state index is 0. The number of hydrogen-bond acceptors (Lipinski definition) is 0. The molecule has 2 nitrogen and oxygen atoms in total. The van der Waals surface area contributed by atoms with Crippen molar-refractivity contribution >= 4 is 11.4 Å². The smallest absolute Gasteiger partial charge is 0.685 e. The fourth-order valence-corrected chi connectivity index (χ4v) is 2.43. The number of aryl methyl sites for hydroxylation is 4. The monoisotopic (exact) mass is 324 g/mol. The summed E-state index contributed by atoms with van der Waals surface area (Å²) in [4.78, 5) is 0. The van der Waals surface area contributed by atoms with Crippen molar-refractivity contribution < 1.29 is 16.5 Å². The van der Waals surface area contributed by atoms with Gasteiger partial charge in [0, 0.05) is 0 Å². The third-order valence-corrected chi connectivity index (χ3v) is 3.52. The molecular weight excluding hydrogens is 303 g/mol. The Morgan fingerprint density at radius 1 is 0.619 bits per heavy atom. The van der Waals surface area contributed by atoms with Crippen LogP contribution in [0.4, 0.5) is 11.4 Å². The SMILES string of the molecule is Cc1cccc(C)c1[N-]CC[N-]c1c(C)cccc1C.[Ni+2]. The maximum atomic E-state index is 4.69. The van der Waals surface area contributed by atoms with Crippen LogP contribution in [0.15, 0.2) is 36.4 Å². The molecule has 0 N–H and O–H groups in total. The zero-order valence-corrected chi connectivity index (χ0v) is 14.1. The molecule has 2 rings (SSSR count). The van der Waals surface area contributed by atoms with Crippen LogP contribution >= 0.6 is 0 Å². The van der Waals surface area contributed by atoms with Gasteiger partial charge in [0.1, 0.15) is 0 Å². The zero-order chi connectivity index (χ0) is 14.5.